The van der Waals surface area contributed by atoms with Crippen LogP contribution in [-0.4, -0.2) is 70.5 Å². The molecule has 2 rings (SSSR count). The molecule has 20 heavy (non-hydrogen) atoms. The molecule has 1 saturated heterocycles. The van der Waals surface area contributed by atoms with Crippen LogP contribution < -0.4 is 10.0 Å². The lowest BCUT2D eigenvalue weighted by Gasteiger charge is -2.27. The molecule has 0 bridgehead atoms. The van der Waals surface area contributed by atoms with Crippen LogP contribution >= 0.6 is 24.8 Å². The second-order valence-electron chi connectivity index (χ2n) is 5.21. The van der Waals surface area contributed by atoms with Gasteiger partial charge in [-0.15, -0.1) is 24.8 Å². The third-order valence-electron chi connectivity index (χ3n) is 3.54. The molecule has 1 aliphatic carbocycles. The average molecular weight is 349 g/mol. The molecule has 0 unspecified atom stereocenters. The molecule has 2 fully saturated rings. The third-order valence-corrected chi connectivity index (χ3v) is 5.08. The standard InChI is InChI=1S/C11H24N4O2S.2ClH/c1-14(10-11-2-3-11)18(16,17)13-6-9-15-7-4-12-5-8-15;;/h11-13H,2-10H2,1H3;2*1H. The lowest BCUT2D eigenvalue weighted by atomic mass is 10.3. The van der Waals surface area contributed by atoms with Gasteiger partial charge < -0.3 is 5.32 Å². The van der Waals surface area contributed by atoms with Gasteiger partial charge in [0.05, 0.1) is 0 Å². The fourth-order valence-corrected chi connectivity index (χ4v) is 3.12. The number of halogens is 2. The number of piperazine rings is 1. The quantitative estimate of drug-likeness (QED) is 0.674. The molecule has 0 aromatic heterocycles. The monoisotopic (exact) mass is 348 g/mol. The summed E-state index contributed by atoms with van der Waals surface area (Å²) in [5.74, 6) is 0.583. The van der Waals surface area contributed by atoms with Crippen molar-refractivity contribution in [3.63, 3.8) is 0 Å². The molecule has 1 saturated carbocycles. The fraction of sp³-hybridized carbons (Fsp3) is 1.00. The molecule has 0 aromatic rings. The highest BCUT2D eigenvalue weighted by Gasteiger charge is 2.27. The van der Waals surface area contributed by atoms with Gasteiger partial charge >= 0.3 is 0 Å². The zero-order valence-electron chi connectivity index (χ0n) is 11.9. The SMILES string of the molecule is CN(CC1CC1)S(=O)(=O)NCCN1CCNCC1.Cl.Cl. The van der Waals surface area contributed by atoms with Crippen LogP contribution in [0.3, 0.4) is 0 Å². The first-order valence-electron chi connectivity index (χ1n) is 6.72. The van der Waals surface area contributed by atoms with Crippen LogP contribution in [0.1, 0.15) is 12.8 Å². The normalized spacial score (nSPS) is 20.3. The Balaban J connectivity index is 0.00000180. The summed E-state index contributed by atoms with van der Waals surface area (Å²) in [4.78, 5) is 2.28. The maximum absolute atomic E-state index is 11.9. The van der Waals surface area contributed by atoms with Crippen LogP contribution in [0, 0.1) is 5.92 Å². The summed E-state index contributed by atoms with van der Waals surface area (Å²) in [7, 11) is -1.62. The van der Waals surface area contributed by atoms with Crippen molar-refractivity contribution in [2.75, 3.05) is 52.9 Å². The van der Waals surface area contributed by atoms with Gasteiger partial charge in [-0.05, 0) is 18.8 Å². The third kappa shape index (κ3) is 6.89. The second kappa shape index (κ2) is 9.40. The van der Waals surface area contributed by atoms with Crippen LogP contribution in [0.4, 0.5) is 0 Å². The van der Waals surface area contributed by atoms with E-state index in [1.807, 2.05) is 0 Å². The first-order chi connectivity index (χ1) is 8.58. The molecule has 6 nitrogen and oxygen atoms in total. The van der Waals surface area contributed by atoms with Gasteiger partial charge in [0.1, 0.15) is 0 Å². The first kappa shape index (κ1) is 20.4. The maximum atomic E-state index is 11.9. The second-order valence-corrected chi connectivity index (χ2v) is 7.08. The first-order valence-corrected chi connectivity index (χ1v) is 8.16. The van der Waals surface area contributed by atoms with Crippen molar-refractivity contribution in [1.82, 2.24) is 19.2 Å². The Morgan fingerprint density at radius 3 is 2.40 bits per heavy atom. The van der Waals surface area contributed by atoms with Gasteiger partial charge in [-0.2, -0.15) is 12.7 Å². The van der Waals surface area contributed by atoms with Gasteiger partial charge in [0.15, 0.2) is 0 Å². The van der Waals surface area contributed by atoms with Gasteiger partial charge in [-0.3, -0.25) is 4.90 Å². The minimum absolute atomic E-state index is 0. The Hall–Kier alpha value is 0.370. The number of hydrogen-bond donors (Lipinski definition) is 2. The summed E-state index contributed by atoms with van der Waals surface area (Å²) >= 11 is 0. The van der Waals surface area contributed by atoms with E-state index < -0.39 is 10.2 Å². The fourth-order valence-electron chi connectivity index (χ4n) is 2.14. The molecular formula is C11H26Cl2N4O2S. The summed E-state index contributed by atoms with van der Waals surface area (Å²) < 4.78 is 28.0. The smallest absolute Gasteiger partial charge is 0.279 e. The van der Waals surface area contributed by atoms with E-state index in [1.165, 1.54) is 17.1 Å². The highest BCUT2D eigenvalue weighted by atomic mass is 35.5. The topological polar surface area (TPSA) is 64.7 Å². The van der Waals surface area contributed by atoms with Crippen molar-refractivity contribution in [1.29, 1.82) is 0 Å². The Morgan fingerprint density at radius 2 is 1.85 bits per heavy atom. The van der Waals surface area contributed by atoms with E-state index in [2.05, 4.69) is 14.9 Å². The summed E-state index contributed by atoms with van der Waals surface area (Å²) in [5, 5.41) is 3.28. The number of nitrogens with one attached hydrogen (secondary N) is 2. The lowest BCUT2D eigenvalue weighted by molar-refractivity contribution is 0.244. The van der Waals surface area contributed by atoms with Crippen molar-refractivity contribution >= 4 is 35.0 Å². The van der Waals surface area contributed by atoms with E-state index >= 15 is 0 Å². The van der Waals surface area contributed by atoms with E-state index in [0.29, 0.717) is 19.0 Å². The van der Waals surface area contributed by atoms with Gasteiger partial charge in [0.2, 0.25) is 0 Å². The van der Waals surface area contributed by atoms with Crippen molar-refractivity contribution in [2.45, 2.75) is 12.8 Å². The van der Waals surface area contributed by atoms with E-state index in [4.69, 9.17) is 0 Å². The molecule has 2 N–H and O–H groups in total. The lowest BCUT2D eigenvalue weighted by Crippen LogP contribution is -2.47. The number of rotatable bonds is 7. The summed E-state index contributed by atoms with van der Waals surface area (Å²) in [6, 6.07) is 0. The van der Waals surface area contributed by atoms with Crippen molar-refractivity contribution in [3.8, 4) is 0 Å². The average Bonchev–Trinajstić information content (AvgIpc) is 3.14. The van der Waals surface area contributed by atoms with Crippen molar-refractivity contribution in [2.24, 2.45) is 5.92 Å². The van der Waals surface area contributed by atoms with Gasteiger partial charge in [0.25, 0.3) is 10.2 Å². The minimum Gasteiger partial charge on any atom is -0.314 e. The maximum Gasteiger partial charge on any atom is 0.279 e. The molecule has 1 heterocycles. The predicted molar refractivity (Wildman–Crippen MR) is 86.1 cm³/mol. The Bertz CT molecular complexity index is 359. The van der Waals surface area contributed by atoms with Crippen molar-refractivity contribution < 1.29 is 8.42 Å². The molecule has 2 aliphatic rings. The minimum atomic E-state index is -3.28. The predicted octanol–water partition coefficient (Wildman–Crippen LogP) is -0.0886. The van der Waals surface area contributed by atoms with E-state index in [1.54, 1.807) is 7.05 Å². The Labute approximate surface area is 134 Å². The molecule has 0 amide bonds. The van der Waals surface area contributed by atoms with E-state index in [-0.39, 0.29) is 24.8 Å². The zero-order valence-corrected chi connectivity index (χ0v) is 14.3. The van der Waals surface area contributed by atoms with Crippen LogP contribution in [0.5, 0.6) is 0 Å². The summed E-state index contributed by atoms with van der Waals surface area (Å²) in [6.45, 7) is 5.93. The van der Waals surface area contributed by atoms with Gasteiger partial charge in [-0.1, -0.05) is 0 Å². The molecule has 1 aliphatic heterocycles. The van der Waals surface area contributed by atoms with Crippen LogP contribution in [0.25, 0.3) is 0 Å². The molecule has 9 heteroatoms. The Morgan fingerprint density at radius 1 is 1.25 bits per heavy atom. The zero-order chi connectivity index (χ0) is 13.0. The Kier molecular flexibility index (Phi) is 9.57. The molecule has 0 radical (unpaired) electrons. The van der Waals surface area contributed by atoms with Crippen LogP contribution in [0.2, 0.25) is 0 Å². The van der Waals surface area contributed by atoms with Crippen LogP contribution in [-0.2, 0) is 10.2 Å². The van der Waals surface area contributed by atoms with Gasteiger partial charge in [0, 0.05) is 52.9 Å². The molecular weight excluding hydrogens is 323 g/mol. The molecule has 0 aromatic carbocycles. The molecule has 122 valence electrons. The van der Waals surface area contributed by atoms with Crippen molar-refractivity contribution in [3.05, 3.63) is 0 Å². The molecule has 0 atom stereocenters. The largest absolute Gasteiger partial charge is 0.314 e. The van der Waals surface area contributed by atoms with Gasteiger partial charge in [-0.25, -0.2) is 4.72 Å². The summed E-state index contributed by atoms with van der Waals surface area (Å²) in [5.41, 5.74) is 0. The highest BCUT2D eigenvalue weighted by Crippen LogP contribution is 2.29. The van der Waals surface area contributed by atoms with E-state index in [9.17, 15) is 8.42 Å². The molecule has 0 spiro atoms. The summed E-state index contributed by atoms with van der Waals surface area (Å²) in [6.07, 6.45) is 2.33. The highest BCUT2D eigenvalue weighted by molar-refractivity contribution is 7.87. The van der Waals surface area contributed by atoms with E-state index in [0.717, 1.165) is 32.7 Å². The number of nitrogens with zero attached hydrogens (tertiary/aromatic N) is 2. The number of hydrogen-bond acceptors (Lipinski definition) is 4. The van der Waals surface area contributed by atoms with Crippen LogP contribution in [0.15, 0.2) is 0 Å².